The molecule has 1 aromatic carbocycles. The molecule has 5 rings (SSSR count). The number of para-hydroxylation sites is 1. The van der Waals surface area contributed by atoms with Crippen LogP contribution in [0.3, 0.4) is 0 Å². The van der Waals surface area contributed by atoms with Gasteiger partial charge in [-0.05, 0) is 25.0 Å². The Bertz CT molecular complexity index is 1250. The van der Waals surface area contributed by atoms with E-state index in [4.69, 9.17) is 9.47 Å². The predicted molar refractivity (Wildman–Crippen MR) is 125 cm³/mol. The number of halogens is 2. The molecule has 2 aliphatic rings. The number of rotatable bonds is 6. The Morgan fingerprint density at radius 1 is 1.17 bits per heavy atom. The monoisotopic (exact) mass is 504 g/mol. The second kappa shape index (κ2) is 10.0. The highest BCUT2D eigenvalue weighted by atomic mass is 19.3. The normalized spacial score (nSPS) is 18.6. The molecule has 0 aliphatic carbocycles. The minimum absolute atomic E-state index is 0.0223. The number of imidazole rings is 1. The third kappa shape index (κ3) is 4.67. The predicted octanol–water partition coefficient (Wildman–Crippen LogP) is 2.55. The van der Waals surface area contributed by atoms with E-state index in [2.05, 4.69) is 25.3 Å². The zero-order chi connectivity index (χ0) is 25.2. The number of carboxylic acid groups (broad SMARTS) is 1. The zero-order valence-electron chi connectivity index (χ0n) is 19.6. The van der Waals surface area contributed by atoms with Crippen molar-refractivity contribution in [2.45, 2.75) is 25.3 Å². The second-order valence-corrected chi connectivity index (χ2v) is 8.50. The summed E-state index contributed by atoms with van der Waals surface area (Å²) in [5.41, 5.74) is 0.631. The van der Waals surface area contributed by atoms with Crippen LogP contribution in [-0.2, 0) is 4.74 Å². The van der Waals surface area contributed by atoms with Gasteiger partial charge in [-0.15, -0.1) is 0 Å². The number of ether oxygens (including phenoxy) is 2. The molecule has 2 saturated heterocycles. The summed E-state index contributed by atoms with van der Waals surface area (Å²) in [4.78, 5) is 32.4. The van der Waals surface area contributed by atoms with Gasteiger partial charge in [-0.25, -0.2) is 18.6 Å². The SMILES string of the molecule is COc1cccc2c1nc(C(F)F)n2-c1nc(N[C@@H]2CCCN(C(=O)O)C2)nc(N2CCOCC2)n1. The van der Waals surface area contributed by atoms with E-state index in [9.17, 15) is 18.7 Å². The van der Waals surface area contributed by atoms with Gasteiger partial charge in [0.15, 0.2) is 5.82 Å². The zero-order valence-corrected chi connectivity index (χ0v) is 19.6. The number of piperidine rings is 1. The lowest BCUT2D eigenvalue weighted by Gasteiger charge is -2.31. The molecule has 0 radical (unpaired) electrons. The summed E-state index contributed by atoms with van der Waals surface area (Å²) in [5.74, 6) is 0.288. The Morgan fingerprint density at radius 2 is 1.94 bits per heavy atom. The molecular formula is C22H26F2N8O4. The molecule has 0 saturated carbocycles. The first kappa shape index (κ1) is 23.9. The summed E-state index contributed by atoms with van der Waals surface area (Å²) in [6.07, 6.45) is -2.50. The highest BCUT2D eigenvalue weighted by molar-refractivity contribution is 5.84. The summed E-state index contributed by atoms with van der Waals surface area (Å²) in [7, 11) is 1.45. The lowest BCUT2D eigenvalue weighted by molar-refractivity contribution is 0.122. The van der Waals surface area contributed by atoms with E-state index in [1.165, 1.54) is 16.6 Å². The average Bonchev–Trinajstić information content (AvgIpc) is 3.29. The van der Waals surface area contributed by atoms with Gasteiger partial charge in [0.2, 0.25) is 17.8 Å². The summed E-state index contributed by atoms with van der Waals surface area (Å²) in [6, 6.07) is 4.73. The number of carbonyl (C=O) groups is 1. The Morgan fingerprint density at radius 3 is 2.67 bits per heavy atom. The van der Waals surface area contributed by atoms with Crippen molar-refractivity contribution in [3.8, 4) is 11.7 Å². The smallest absolute Gasteiger partial charge is 0.407 e. The van der Waals surface area contributed by atoms with Crippen LogP contribution in [0.25, 0.3) is 17.0 Å². The lowest BCUT2D eigenvalue weighted by atomic mass is 10.1. The molecule has 3 aromatic rings. The third-order valence-corrected chi connectivity index (χ3v) is 6.22. The van der Waals surface area contributed by atoms with Gasteiger partial charge in [0, 0.05) is 32.2 Å². The van der Waals surface area contributed by atoms with E-state index < -0.39 is 18.3 Å². The molecule has 0 bridgehead atoms. The van der Waals surface area contributed by atoms with Crippen LogP contribution < -0.4 is 15.0 Å². The van der Waals surface area contributed by atoms with Crippen LogP contribution in [0.4, 0.5) is 25.5 Å². The van der Waals surface area contributed by atoms with Crippen LogP contribution in [0.1, 0.15) is 25.1 Å². The number of hydrogen-bond acceptors (Lipinski definition) is 9. The first-order valence-corrected chi connectivity index (χ1v) is 11.6. The van der Waals surface area contributed by atoms with E-state index in [0.717, 1.165) is 0 Å². The molecule has 2 aliphatic heterocycles. The molecule has 192 valence electrons. The minimum atomic E-state index is -2.90. The van der Waals surface area contributed by atoms with Gasteiger partial charge in [-0.1, -0.05) is 6.07 Å². The van der Waals surface area contributed by atoms with E-state index in [1.807, 2.05) is 4.90 Å². The molecule has 4 heterocycles. The number of nitrogens with zero attached hydrogens (tertiary/aromatic N) is 7. The van der Waals surface area contributed by atoms with Crippen LogP contribution in [-0.4, -0.2) is 93.1 Å². The molecule has 36 heavy (non-hydrogen) atoms. The molecule has 14 heteroatoms. The minimum Gasteiger partial charge on any atom is -0.494 e. The van der Waals surface area contributed by atoms with Crippen molar-refractivity contribution in [1.29, 1.82) is 0 Å². The van der Waals surface area contributed by atoms with Gasteiger partial charge in [0.1, 0.15) is 11.3 Å². The number of fused-ring (bicyclic) bond motifs is 1. The molecule has 2 aromatic heterocycles. The van der Waals surface area contributed by atoms with E-state index in [1.54, 1.807) is 18.2 Å². The van der Waals surface area contributed by atoms with Crippen molar-refractivity contribution in [3.63, 3.8) is 0 Å². The largest absolute Gasteiger partial charge is 0.494 e. The number of alkyl halides is 2. The maximum atomic E-state index is 14.1. The Labute approximate surface area is 204 Å². The Kier molecular flexibility index (Phi) is 6.67. The summed E-state index contributed by atoms with van der Waals surface area (Å²) in [6.45, 7) is 2.73. The second-order valence-electron chi connectivity index (χ2n) is 8.50. The number of hydrogen-bond donors (Lipinski definition) is 2. The van der Waals surface area contributed by atoms with Gasteiger partial charge in [-0.2, -0.15) is 15.0 Å². The molecule has 2 N–H and O–H groups in total. The maximum Gasteiger partial charge on any atom is 0.407 e. The number of amides is 1. The van der Waals surface area contributed by atoms with Crippen molar-refractivity contribution in [2.75, 3.05) is 56.7 Å². The van der Waals surface area contributed by atoms with Crippen LogP contribution >= 0.6 is 0 Å². The van der Waals surface area contributed by atoms with Crippen molar-refractivity contribution >= 4 is 29.0 Å². The molecule has 1 atom stereocenters. The number of anilines is 2. The molecule has 2 fully saturated rings. The van der Waals surface area contributed by atoms with Gasteiger partial charge in [0.25, 0.3) is 6.43 Å². The molecule has 0 unspecified atom stereocenters. The summed E-state index contributed by atoms with van der Waals surface area (Å²) < 4.78 is 40.2. The first-order chi connectivity index (χ1) is 17.4. The highest BCUT2D eigenvalue weighted by Crippen LogP contribution is 2.32. The molecule has 0 spiro atoms. The van der Waals surface area contributed by atoms with E-state index >= 15 is 0 Å². The maximum absolute atomic E-state index is 14.1. The van der Waals surface area contributed by atoms with Gasteiger partial charge >= 0.3 is 6.09 Å². The number of aromatic nitrogens is 5. The average molecular weight is 504 g/mol. The quantitative estimate of drug-likeness (QED) is 0.516. The Hall–Kier alpha value is -3.81. The van der Waals surface area contributed by atoms with E-state index in [0.29, 0.717) is 62.9 Å². The summed E-state index contributed by atoms with van der Waals surface area (Å²) in [5, 5.41) is 12.6. The van der Waals surface area contributed by atoms with Crippen molar-refractivity contribution in [3.05, 3.63) is 24.0 Å². The molecular weight excluding hydrogens is 478 g/mol. The van der Waals surface area contributed by atoms with Crippen molar-refractivity contribution in [2.24, 2.45) is 0 Å². The van der Waals surface area contributed by atoms with E-state index in [-0.39, 0.29) is 30.0 Å². The van der Waals surface area contributed by atoms with Crippen molar-refractivity contribution in [1.82, 2.24) is 29.4 Å². The van der Waals surface area contributed by atoms with Crippen molar-refractivity contribution < 1.29 is 28.2 Å². The number of benzene rings is 1. The first-order valence-electron chi connectivity index (χ1n) is 11.6. The van der Waals surface area contributed by atoms with Crippen LogP contribution in [0.15, 0.2) is 18.2 Å². The van der Waals surface area contributed by atoms with Gasteiger partial charge in [-0.3, -0.25) is 4.57 Å². The molecule has 12 nitrogen and oxygen atoms in total. The van der Waals surface area contributed by atoms with Gasteiger partial charge in [0.05, 0.1) is 25.8 Å². The number of methoxy groups -OCH3 is 1. The van der Waals surface area contributed by atoms with Gasteiger partial charge < -0.3 is 29.7 Å². The number of morpholine rings is 1. The standard InChI is InChI=1S/C22H26F2N8O4/c1-35-15-6-2-5-14-16(15)26-18(17(23)24)32(14)21-28-19(25-13-4-3-7-31(12-13)22(33)34)27-20(29-21)30-8-10-36-11-9-30/h2,5-6,13,17H,3-4,7-12H2,1H3,(H,33,34)(H,25,27,28,29)/t13-/m1/s1. The fourth-order valence-electron chi connectivity index (χ4n) is 4.49. The number of nitrogens with one attached hydrogen (secondary N) is 1. The van der Waals surface area contributed by atoms with Crippen LogP contribution in [0.2, 0.25) is 0 Å². The summed E-state index contributed by atoms with van der Waals surface area (Å²) >= 11 is 0. The van der Waals surface area contributed by atoms with Crippen LogP contribution in [0, 0.1) is 0 Å². The fourth-order valence-corrected chi connectivity index (χ4v) is 4.49. The fraction of sp³-hybridized carbons (Fsp3) is 0.500. The third-order valence-electron chi connectivity index (χ3n) is 6.22. The van der Waals surface area contributed by atoms with Crippen LogP contribution in [0.5, 0.6) is 5.75 Å². The number of likely N-dealkylation sites (tertiary alicyclic amines) is 1. The highest BCUT2D eigenvalue weighted by Gasteiger charge is 2.28. The molecule has 1 amide bonds. The Balaban J connectivity index is 1.60. The lowest BCUT2D eigenvalue weighted by Crippen LogP contribution is -2.45. The topological polar surface area (TPSA) is 131 Å².